The molecule has 38 heavy (non-hydrogen) atoms. The minimum absolute atomic E-state index is 0.0702. The molecule has 2 atom stereocenters. The molecule has 3 aliphatic heterocycles. The molecule has 0 spiro atoms. The van der Waals surface area contributed by atoms with Crippen molar-refractivity contribution in [3.63, 3.8) is 0 Å². The summed E-state index contributed by atoms with van der Waals surface area (Å²) in [4.78, 5) is 14.1. The van der Waals surface area contributed by atoms with Gasteiger partial charge in [-0.25, -0.2) is 4.68 Å². The lowest BCUT2D eigenvalue weighted by molar-refractivity contribution is -0.568. The molecule has 3 aliphatic rings. The molecular weight excluding hydrogens is 499 g/mol. The molecule has 1 radical (unpaired) electrons. The number of rotatable bonds is 6. The van der Waals surface area contributed by atoms with Crippen molar-refractivity contribution < 1.29 is 14.1 Å². The van der Waals surface area contributed by atoms with Gasteiger partial charge in [-0.1, -0.05) is 25.5 Å². The monoisotopic (exact) mass is 530 g/mol. The molecule has 1 amide bonds. The number of halogens is 1. The van der Waals surface area contributed by atoms with Gasteiger partial charge >= 0.3 is 7.55 Å². The molecule has 3 aromatic rings. The van der Waals surface area contributed by atoms with Crippen LogP contribution in [0.1, 0.15) is 44.1 Å². The summed E-state index contributed by atoms with van der Waals surface area (Å²) in [5.41, 5.74) is 6.41. The molecule has 6 rings (SSSR count). The predicted molar refractivity (Wildman–Crippen MR) is 151 cm³/mol. The number of hydrogen-bond acceptors (Lipinski definition) is 2. The van der Waals surface area contributed by atoms with Gasteiger partial charge in [-0.3, -0.25) is 19.3 Å². The topological polar surface area (TPSA) is 70.2 Å². The minimum Gasteiger partial charge on any atom is -0.367 e. The van der Waals surface area contributed by atoms with Crippen molar-refractivity contribution in [2.24, 2.45) is 0 Å². The third kappa shape index (κ3) is 4.43. The highest BCUT2D eigenvalue weighted by molar-refractivity contribution is 6.40. The fourth-order valence-corrected chi connectivity index (χ4v) is 5.69. The van der Waals surface area contributed by atoms with E-state index in [2.05, 4.69) is 99.9 Å². The number of fused-ring (bicyclic) bond motifs is 2. The maximum atomic E-state index is 11.8. The number of amidine groups is 1. The number of aromatic nitrogens is 3. The van der Waals surface area contributed by atoms with E-state index in [1.54, 1.807) is 0 Å². The molecule has 10 heteroatoms. The van der Waals surface area contributed by atoms with E-state index in [0.29, 0.717) is 0 Å². The number of carbonyl (C=O) groups is 1. The van der Waals surface area contributed by atoms with Crippen molar-refractivity contribution in [2.75, 3.05) is 24.3 Å². The van der Waals surface area contributed by atoms with Crippen LogP contribution in [-0.2, 0) is 16.0 Å². The number of aryl methyl sites for hydroxylation is 1. The summed E-state index contributed by atoms with van der Waals surface area (Å²) >= 11 is 5.67. The quantitative estimate of drug-likeness (QED) is 0.288. The van der Waals surface area contributed by atoms with Crippen LogP contribution < -0.4 is 5.32 Å². The van der Waals surface area contributed by atoms with E-state index in [0.717, 1.165) is 65.8 Å². The fraction of sp³-hybridized carbons (Fsp3) is 0.357. The highest BCUT2D eigenvalue weighted by Gasteiger charge is 2.41. The number of alkyl halides is 1. The Labute approximate surface area is 228 Å². The van der Waals surface area contributed by atoms with Crippen LogP contribution in [0.2, 0.25) is 0 Å². The second-order valence-corrected chi connectivity index (χ2v) is 10.5. The summed E-state index contributed by atoms with van der Waals surface area (Å²) in [6.45, 7) is 8.13. The lowest BCUT2D eigenvalue weighted by atomic mass is 9.91. The zero-order chi connectivity index (χ0) is 26.4. The Morgan fingerprint density at radius 3 is 2.58 bits per heavy atom. The van der Waals surface area contributed by atoms with E-state index in [1.165, 1.54) is 5.69 Å². The molecule has 2 aromatic heterocycles. The number of anilines is 1. The van der Waals surface area contributed by atoms with Crippen LogP contribution in [0.3, 0.4) is 0 Å². The average Bonchev–Trinajstić information content (AvgIpc) is 3.49. The first-order chi connectivity index (χ1) is 18.4. The second-order valence-electron chi connectivity index (χ2n) is 10.2. The first kappa shape index (κ1) is 24.9. The van der Waals surface area contributed by atoms with E-state index in [9.17, 15) is 4.79 Å². The first-order valence-electron chi connectivity index (χ1n) is 13.2. The molecule has 0 bridgehead atoms. The van der Waals surface area contributed by atoms with Crippen molar-refractivity contribution in [3.8, 4) is 5.82 Å². The highest BCUT2D eigenvalue weighted by atomic mass is 35.5. The summed E-state index contributed by atoms with van der Waals surface area (Å²) in [6, 6.07) is 12.3. The molecule has 8 nitrogen and oxygen atoms in total. The number of H-pyrrole nitrogens is 1. The van der Waals surface area contributed by atoms with Crippen molar-refractivity contribution in [2.45, 2.75) is 45.8 Å². The summed E-state index contributed by atoms with van der Waals surface area (Å²) in [5.74, 6) is 1.91. The number of nitrogens with zero attached hydrogens (tertiary/aromatic N) is 4. The summed E-state index contributed by atoms with van der Waals surface area (Å²) in [5, 5.41) is 6.31. The highest BCUT2D eigenvalue weighted by Crippen LogP contribution is 2.37. The standard InChI is InChI=1S/C28H31BClN6O2/c1-4-5-22-17-34(32-22)27-13-11-24-28(20-6-8-21(9-7-20)31-25(37)14-30)23-10-12-26(35(23)29-36(24)27)33-15-18(2)38-19(3)16-33/h6-13,17-19,32H,4-5,14-16H2,1-3H3/p+1. The summed E-state index contributed by atoms with van der Waals surface area (Å²) in [6.07, 6.45) is 9.06. The molecule has 2 unspecified atom stereocenters. The third-order valence-corrected chi connectivity index (χ3v) is 7.42. The molecule has 1 aromatic carbocycles. The lowest BCUT2D eigenvalue weighted by Crippen LogP contribution is -2.48. The summed E-state index contributed by atoms with van der Waals surface area (Å²) in [7, 11) is 2.19. The molecular formula is C28H32BClN6O2+. The minimum atomic E-state index is -0.220. The third-order valence-electron chi connectivity index (χ3n) is 7.17. The van der Waals surface area contributed by atoms with Gasteiger partial charge in [0, 0.05) is 29.2 Å². The molecule has 1 saturated heterocycles. The van der Waals surface area contributed by atoms with Crippen LogP contribution in [0.5, 0.6) is 0 Å². The Bertz CT molecular complexity index is 1440. The van der Waals surface area contributed by atoms with E-state index < -0.39 is 0 Å². The average molecular weight is 531 g/mol. The lowest BCUT2D eigenvalue weighted by Gasteiger charge is -2.30. The maximum Gasteiger partial charge on any atom is 0.553 e. The number of nitrogens with one attached hydrogen (secondary N) is 2. The van der Waals surface area contributed by atoms with Gasteiger partial charge in [0.1, 0.15) is 30.5 Å². The zero-order valence-corrected chi connectivity index (χ0v) is 22.7. The number of amides is 1. The first-order valence-corrected chi connectivity index (χ1v) is 13.8. The van der Waals surface area contributed by atoms with Crippen molar-refractivity contribution in [1.29, 1.82) is 0 Å². The van der Waals surface area contributed by atoms with Crippen LogP contribution in [0, 0.1) is 0 Å². The number of hydrogen-bond donors (Lipinski definition) is 2. The Morgan fingerprint density at radius 1 is 1.16 bits per heavy atom. The normalized spacial score (nSPS) is 20.6. The number of allylic oxidation sites excluding steroid dienone is 1. The number of ether oxygens (including phenoxy) is 1. The van der Waals surface area contributed by atoms with Crippen LogP contribution in [0.15, 0.2) is 60.4 Å². The van der Waals surface area contributed by atoms with E-state index in [-0.39, 0.29) is 24.0 Å². The Balaban J connectivity index is 1.44. The SMILES string of the molecule is CCCc1cn(-c2ccc3n2[B]N2C(=C3c3ccc(NC(=O)CCl)cc3)C=CC2=[N+]2CC(C)OC(C)C2)[nH]1. The molecule has 1 fully saturated rings. The zero-order valence-electron chi connectivity index (χ0n) is 21.9. The smallest absolute Gasteiger partial charge is 0.367 e. The molecule has 195 valence electrons. The number of aromatic amines is 1. The van der Waals surface area contributed by atoms with Crippen molar-refractivity contribution in [3.05, 3.63) is 77.4 Å². The second kappa shape index (κ2) is 10.0. The van der Waals surface area contributed by atoms with E-state index in [1.807, 2.05) is 12.1 Å². The Morgan fingerprint density at radius 2 is 1.89 bits per heavy atom. The van der Waals surface area contributed by atoms with Gasteiger partial charge in [-0.2, -0.15) is 0 Å². The van der Waals surface area contributed by atoms with Gasteiger partial charge < -0.3 is 14.5 Å². The van der Waals surface area contributed by atoms with E-state index >= 15 is 0 Å². The van der Waals surface area contributed by atoms with Gasteiger partial charge in [-0.15, -0.1) is 11.6 Å². The number of benzene rings is 1. The van der Waals surface area contributed by atoms with Crippen LogP contribution >= 0.6 is 11.6 Å². The van der Waals surface area contributed by atoms with Crippen molar-refractivity contribution in [1.82, 2.24) is 19.1 Å². The Kier molecular flexibility index (Phi) is 6.57. The van der Waals surface area contributed by atoms with Crippen LogP contribution in [0.25, 0.3) is 11.4 Å². The van der Waals surface area contributed by atoms with Gasteiger partial charge in [0.15, 0.2) is 0 Å². The van der Waals surface area contributed by atoms with Crippen LogP contribution in [-0.4, -0.2) is 74.1 Å². The Hall–Kier alpha value is -3.43. The summed E-state index contributed by atoms with van der Waals surface area (Å²) < 4.78 is 12.8. The van der Waals surface area contributed by atoms with Gasteiger partial charge in [-0.05, 0) is 56.2 Å². The number of carbonyl (C=O) groups excluding carboxylic acids is 1. The molecule has 2 N–H and O–H groups in total. The molecule has 0 aliphatic carbocycles. The van der Waals surface area contributed by atoms with Crippen LogP contribution in [0.4, 0.5) is 5.69 Å². The number of morpholine rings is 1. The maximum absolute atomic E-state index is 11.8. The largest absolute Gasteiger partial charge is 0.553 e. The fourth-order valence-electron chi connectivity index (χ4n) is 5.62. The molecule has 5 heterocycles. The predicted octanol–water partition coefficient (Wildman–Crippen LogP) is 3.98. The van der Waals surface area contributed by atoms with Crippen molar-refractivity contribution >= 4 is 42.2 Å². The van der Waals surface area contributed by atoms with Gasteiger partial charge in [0.2, 0.25) is 5.91 Å². The van der Waals surface area contributed by atoms with Gasteiger partial charge in [0.05, 0.1) is 17.9 Å². The van der Waals surface area contributed by atoms with Gasteiger partial charge in [0.25, 0.3) is 5.84 Å². The van der Waals surface area contributed by atoms with E-state index in [4.69, 9.17) is 16.3 Å². The molecule has 0 saturated carbocycles.